The van der Waals surface area contributed by atoms with Crippen LogP contribution in [0, 0.1) is 11.3 Å². The number of hydrogen-bond donors (Lipinski definition) is 1. The van der Waals surface area contributed by atoms with Crippen LogP contribution in [0.5, 0.6) is 0 Å². The molecule has 0 amide bonds. The minimum Gasteiger partial charge on any atom is -0.382 e. The van der Waals surface area contributed by atoms with Gasteiger partial charge in [-0.2, -0.15) is 5.26 Å². The fraction of sp³-hybridized carbons (Fsp3) is 0.267. The van der Waals surface area contributed by atoms with Crippen molar-refractivity contribution in [2.24, 2.45) is 0 Å². The van der Waals surface area contributed by atoms with Crippen LogP contribution in [0.25, 0.3) is 11.4 Å². The summed E-state index contributed by atoms with van der Waals surface area (Å²) in [5.41, 5.74) is 9.84. The van der Waals surface area contributed by atoms with Crippen LogP contribution in [0.3, 0.4) is 0 Å². The van der Waals surface area contributed by atoms with Crippen LogP contribution < -0.4 is 5.73 Å². The summed E-state index contributed by atoms with van der Waals surface area (Å²) < 4.78 is 0. The summed E-state index contributed by atoms with van der Waals surface area (Å²) in [5, 5.41) is 8.83. The Morgan fingerprint density at radius 2 is 1.95 bits per heavy atom. The molecule has 1 heterocycles. The number of nitriles is 1. The Balaban J connectivity index is 2.03. The molecule has 1 aromatic heterocycles. The van der Waals surface area contributed by atoms with E-state index in [1.807, 2.05) is 12.1 Å². The molecule has 3 rings (SSSR count). The van der Waals surface area contributed by atoms with Gasteiger partial charge >= 0.3 is 0 Å². The molecule has 0 saturated heterocycles. The molecule has 1 aliphatic carbocycles. The van der Waals surface area contributed by atoms with E-state index >= 15 is 0 Å². The van der Waals surface area contributed by atoms with Gasteiger partial charge in [-0.05, 0) is 42.9 Å². The topological polar surface area (TPSA) is 75.6 Å². The second-order valence-corrected chi connectivity index (χ2v) is 4.79. The number of hydrogen-bond acceptors (Lipinski definition) is 4. The summed E-state index contributed by atoms with van der Waals surface area (Å²) >= 11 is 0. The van der Waals surface area contributed by atoms with E-state index in [-0.39, 0.29) is 5.82 Å². The average molecular weight is 250 g/mol. The molecule has 0 bridgehead atoms. The Bertz CT molecular complexity index is 670. The number of nitrogen functional groups attached to an aromatic ring is 1. The normalized spacial score (nSPS) is 13.6. The number of aryl methyl sites for hydroxylation is 2. The molecule has 0 aliphatic heterocycles. The largest absolute Gasteiger partial charge is 0.382 e. The number of aromatic nitrogens is 2. The first-order valence-electron chi connectivity index (χ1n) is 6.43. The van der Waals surface area contributed by atoms with Gasteiger partial charge in [0.15, 0.2) is 5.82 Å². The maximum atomic E-state index is 8.83. The summed E-state index contributed by atoms with van der Waals surface area (Å²) in [6.45, 7) is 0. The lowest BCUT2D eigenvalue weighted by Gasteiger charge is -2.16. The van der Waals surface area contributed by atoms with E-state index in [9.17, 15) is 0 Å². The maximum absolute atomic E-state index is 8.83. The quantitative estimate of drug-likeness (QED) is 0.843. The standard InChI is InChI=1S/C15H14N4/c16-8-13-9-18-15(19-14(13)17)12-6-5-10-3-1-2-4-11(10)7-12/h5-7,9H,1-4H2,(H2,17,18,19). The summed E-state index contributed by atoms with van der Waals surface area (Å²) in [6.07, 6.45) is 6.28. The Hall–Kier alpha value is -2.41. The number of nitrogens with two attached hydrogens (primary N) is 1. The lowest BCUT2D eigenvalue weighted by Crippen LogP contribution is -2.03. The fourth-order valence-corrected chi connectivity index (χ4v) is 2.49. The molecule has 2 aromatic rings. The van der Waals surface area contributed by atoms with Crippen LogP contribution in [-0.2, 0) is 12.8 Å². The van der Waals surface area contributed by atoms with Crippen molar-refractivity contribution >= 4 is 5.82 Å². The fourth-order valence-electron chi connectivity index (χ4n) is 2.49. The Labute approximate surface area is 111 Å². The third kappa shape index (κ3) is 2.15. The predicted octanol–water partition coefficient (Wildman–Crippen LogP) is 2.48. The summed E-state index contributed by atoms with van der Waals surface area (Å²) in [6, 6.07) is 8.31. The highest BCUT2D eigenvalue weighted by Gasteiger charge is 2.12. The predicted molar refractivity (Wildman–Crippen MR) is 73.2 cm³/mol. The van der Waals surface area contributed by atoms with E-state index in [0.29, 0.717) is 11.4 Å². The van der Waals surface area contributed by atoms with Crippen molar-refractivity contribution < 1.29 is 0 Å². The number of anilines is 1. The third-order valence-electron chi connectivity index (χ3n) is 3.55. The highest BCUT2D eigenvalue weighted by molar-refractivity contribution is 5.61. The first-order chi connectivity index (χ1) is 9.28. The van der Waals surface area contributed by atoms with Crippen LogP contribution >= 0.6 is 0 Å². The van der Waals surface area contributed by atoms with Gasteiger partial charge in [-0.3, -0.25) is 0 Å². The van der Waals surface area contributed by atoms with Crippen LogP contribution in [0.15, 0.2) is 24.4 Å². The first-order valence-corrected chi connectivity index (χ1v) is 6.43. The van der Waals surface area contributed by atoms with Crippen molar-refractivity contribution in [2.45, 2.75) is 25.7 Å². The summed E-state index contributed by atoms with van der Waals surface area (Å²) in [5.74, 6) is 0.829. The number of rotatable bonds is 1. The number of nitrogens with zero attached hydrogens (tertiary/aromatic N) is 3. The second kappa shape index (κ2) is 4.69. The molecule has 4 nitrogen and oxygen atoms in total. The molecule has 2 N–H and O–H groups in total. The molecule has 0 atom stereocenters. The van der Waals surface area contributed by atoms with E-state index < -0.39 is 0 Å². The van der Waals surface area contributed by atoms with Crippen LogP contribution in [-0.4, -0.2) is 9.97 Å². The van der Waals surface area contributed by atoms with Gasteiger partial charge in [0.25, 0.3) is 0 Å². The Kier molecular flexibility index (Phi) is 2.88. The van der Waals surface area contributed by atoms with Gasteiger partial charge in [-0.25, -0.2) is 9.97 Å². The minimum absolute atomic E-state index is 0.241. The van der Waals surface area contributed by atoms with E-state index in [4.69, 9.17) is 11.0 Å². The molecule has 0 radical (unpaired) electrons. The SMILES string of the molecule is N#Cc1cnc(-c2ccc3c(c2)CCCC3)nc1N. The lowest BCUT2D eigenvalue weighted by atomic mass is 9.90. The monoisotopic (exact) mass is 250 g/mol. The maximum Gasteiger partial charge on any atom is 0.161 e. The molecule has 1 aliphatic rings. The molecule has 0 saturated carbocycles. The second-order valence-electron chi connectivity index (χ2n) is 4.79. The number of fused-ring (bicyclic) bond motifs is 1. The zero-order valence-corrected chi connectivity index (χ0v) is 10.6. The van der Waals surface area contributed by atoms with Gasteiger partial charge in [0, 0.05) is 5.56 Å². The molecule has 4 heteroatoms. The molecule has 19 heavy (non-hydrogen) atoms. The molecule has 0 fully saturated rings. The lowest BCUT2D eigenvalue weighted by molar-refractivity contribution is 0.686. The molecular weight excluding hydrogens is 236 g/mol. The average Bonchev–Trinajstić information content (AvgIpc) is 2.46. The van der Waals surface area contributed by atoms with Gasteiger partial charge in [0.2, 0.25) is 0 Å². The van der Waals surface area contributed by atoms with E-state index in [1.54, 1.807) is 0 Å². The Morgan fingerprint density at radius 3 is 2.68 bits per heavy atom. The van der Waals surface area contributed by atoms with Crippen molar-refractivity contribution in [3.63, 3.8) is 0 Å². The highest BCUT2D eigenvalue weighted by atomic mass is 14.9. The van der Waals surface area contributed by atoms with E-state index in [0.717, 1.165) is 18.4 Å². The molecule has 0 unspecified atom stereocenters. The van der Waals surface area contributed by atoms with Gasteiger partial charge in [-0.15, -0.1) is 0 Å². The van der Waals surface area contributed by atoms with Crippen LogP contribution in [0.2, 0.25) is 0 Å². The zero-order valence-electron chi connectivity index (χ0n) is 10.6. The smallest absolute Gasteiger partial charge is 0.161 e. The third-order valence-corrected chi connectivity index (χ3v) is 3.55. The molecule has 94 valence electrons. The molecular formula is C15H14N4. The van der Waals surface area contributed by atoms with Gasteiger partial charge in [0.05, 0.1) is 6.20 Å². The van der Waals surface area contributed by atoms with E-state index in [1.165, 1.54) is 30.2 Å². The zero-order chi connectivity index (χ0) is 13.2. The van der Waals surface area contributed by atoms with E-state index in [2.05, 4.69) is 22.1 Å². The van der Waals surface area contributed by atoms with Crippen molar-refractivity contribution in [3.8, 4) is 17.5 Å². The Morgan fingerprint density at radius 1 is 1.16 bits per heavy atom. The van der Waals surface area contributed by atoms with Crippen molar-refractivity contribution in [1.29, 1.82) is 5.26 Å². The van der Waals surface area contributed by atoms with Gasteiger partial charge in [-0.1, -0.05) is 12.1 Å². The van der Waals surface area contributed by atoms with Crippen molar-refractivity contribution in [3.05, 3.63) is 41.1 Å². The summed E-state index contributed by atoms with van der Waals surface area (Å²) in [4.78, 5) is 8.42. The first kappa shape index (κ1) is 11.7. The number of benzene rings is 1. The van der Waals surface area contributed by atoms with Crippen molar-refractivity contribution in [2.75, 3.05) is 5.73 Å². The molecule has 1 aromatic carbocycles. The van der Waals surface area contributed by atoms with Crippen LogP contribution in [0.1, 0.15) is 29.5 Å². The van der Waals surface area contributed by atoms with Crippen LogP contribution in [0.4, 0.5) is 5.82 Å². The van der Waals surface area contributed by atoms with Gasteiger partial charge < -0.3 is 5.73 Å². The highest BCUT2D eigenvalue weighted by Crippen LogP contribution is 2.26. The minimum atomic E-state index is 0.241. The molecule has 0 spiro atoms. The summed E-state index contributed by atoms with van der Waals surface area (Å²) in [7, 11) is 0. The van der Waals surface area contributed by atoms with Crippen molar-refractivity contribution in [1.82, 2.24) is 9.97 Å². The van der Waals surface area contributed by atoms with Gasteiger partial charge in [0.1, 0.15) is 17.5 Å².